The summed E-state index contributed by atoms with van der Waals surface area (Å²) >= 11 is 6.04. The molecule has 3 atom stereocenters. The fourth-order valence-electron chi connectivity index (χ4n) is 2.68. The van der Waals surface area contributed by atoms with Crippen molar-refractivity contribution >= 4 is 17.5 Å². The quantitative estimate of drug-likeness (QED) is 0.863. The molecule has 1 N–H and O–H groups in total. The third kappa shape index (κ3) is 2.86. The number of nitrogens with one attached hydrogen (secondary N) is 1. The highest BCUT2D eigenvalue weighted by Crippen LogP contribution is 2.29. The first-order chi connectivity index (χ1) is 8.59. The molecule has 98 valence electrons. The monoisotopic (exact) mass is 265 g/mol. The molecule has 3 heteroatoms. The zero-order chi connectivity index (χ0) is 13.1. The molecule has 0 bridgehead atoms. The van der Waals surface area contributed by atoms with E-state index in [1.54, 1.807) is 12.1 Å². The summed E-state index contributed by atoms with van der Waals surface area (Å²) in [4.78, 5) is 12.2. The maximum Gasteiger partial charge on any atom is 0.253 e. The van der Waals surface area contributed by atoms with E-state index in [-0.39, 0.29) is 11.9 Å². The SMILES string of the molecule is CC1CCCC(NC(=O)c2ccccc2Cl)C1C. The summed E-state index contributed by atoms with van der Waals surface area (Å²) in [6.07, 6.45) is 3.53. The summed E-state index contributed by atoms with van der Waals surface area (Å²) in [6.45, 7) is 4.49. The number of carbonyl (C=O) groups excluding carboxylic acids is 1. The highest BCUT2D eigenvalue weighted by molar-refractivity contribution is 6.33. The van der Waals surface area contributed by atoms with Gasteiger partial charge in [-0.3, -0.25) is 4.79 Å². The zero-order valence-corrected chi connectivity index (χ0v) is 11.7. The summed E-state index contributed by atoms with van der Waals surface area (Å²) in [7, 11) is 0. The van der Waals surface area contributed by atoms with Gasteiger partial charge in [0.25, 0.3) is 5.91 Å². The first-order valence-corrected chi connectivity index (χ1v) is 7.02. The largest absolute Gasteiger partial charge is 0.349 e. The minimum absolute atomic E-state index is 0.0495. The van der Waals surface area contributed by atoms with Crippen LogP contribution < -0.4 is 5.32 Å². The molecule has 18 heavy (non-hydrogen) atoms. The normalized spacial score (nSPS) is 27.8. The van der Waals surface area contributed by atoms with Gasteiger partial charge < -0.3 is 5.32 Å². The van der Waals surface area contributed by atoms with E-state index in [1.807, 2.05) is 12.1 Å². The predicted molar refractivity (Wildman–Crippen MR) is 74.9 cm³/mol. The van der Waals surface area contributed by atoms with E-state index < -0.39 is 0 Å². The molecule has 0 heterocycles. The highest BCUT2D eigenvalue weighted by atomic mass is 35.5. The fraction of sp³-hybridized carbons (Fsp3) is 0.533. The fourth-order valence-corrected chi connectivity index (χ4v) is 2.90. The number of halogens is 1. The minimum atomic E-state index is -0.0495. The van der Waals surface area contributed by atoms with Crippen molar-refractivity contribution in [2.24, 2.45) is 11.8 Å². The molecule has 0 aliphatic heterocycles. The van der Waals surface area contributed by atoms with Gasteiger partial charge in [-0.15, -0.1) is 0 Å². The van der Waals surface area contributed by atoms with Crippen molar-refractivity contribution in [3.05, 3.63) is 34.9 Å². The Morgan fingerprint density at radius 2 is 2.00 bits per heavy atom. The van der Waals surface area contributed by atoms with Crippen LogP contribution in [0, 0.1) is 11.8 Å². The molecule has 1 fully saturated rings. The number of hydrogen-bond donors (Lipinski definition) is 1. The maximum atomic E-state index is 12.2. The number of hydrogen-bond acceptors (Lipinski definition) is 1. The zero-order valence-electron chi connectivity index (χ0n) is 10.9. The van der Waals surface area contributed by atoms with Gasteiger partial charge in [-0.25, -0.2) is 0 Å². The van der Waals surface area contributed by atoms with E-state index in [0.717, 1.165) is 6.42 Å². The standard InChI is InChI=1S/C15H20ClNO/c1-10-6-5-9-14(11(10)2)17-15(18)12-7-3-4-8-13(12)16/h3-4,7-8,10-11,14H,5-6,9H2,1-2H3,(H,17,18). The molecule has 0 spiro atoms. The Bertz CT molecular complexity index is 432. The van der Waals surface area contributed by atoms with E-state index >= 15 is 0 Å². The average Bonchev–Trinajstić information content (AvgIpc) is 2.35. The molecule has 0 aromatic heterocycles. The van der Waals surface area contributed by atoms with Crippen LogP contribution in [0.2, 0.25) is 5.02 Å². The van der Waals surface area contributed by atoms with Crippen molar-refractivity contribution in [2.45, 2.75) is 39.2 Å². The molecule has 0 saturated heterocycles. The Morgan fingerprint density at radius 1 is 1.28 bits per heavy atom. The summed E-state index contributed by atoms with van der Waals surface area (Å²) in [6, 6.07) is 7.48. The van der Waals surface area contributed by atoms with Gasteiger partial charge >= 0.3 is 0 Å². The third-order valence-electron chi connectivity index (χ3n) is 4.14. The van der Waals surface area contributed by atoms with Gasteiger partial charge in [-0.2, -0.15) is 0 Å². The smallest absolute Gasteiger partial charge is 0.253 e. The van der Waals surface area contributed by atoms with E-state index in [9.17, 15) is 4.79 Å². The first kappa shape index (κ1) is 13.4. The van der Waals surface area contributed by atoms with Crippen LogP contribution in [0.15, 0.2) is 24.3 Å². The van der Waals surface area contributed by atoms with Crippen molar-refractivity contribution in [3.63, 3.8) is 0 Å². The predicted octanol–water partition coefficient (Wildman–Crippen LogP) is 3.89. The van der Waals surface area contributed by atoms with Crippen LogP contribution in [0.1, 0.15) is 43.5 Å². The van der Waals surface area contributed by atoms with Crippen LogP contribution >= 0.6 is 11.6 Å². The lowest BCUT2D eigenvalue weighted by molar-refractivity contribution is 0.0891. The molecule has 2 nitrogen and oxygen atoms in total. The summed E-state index contributed by atoms with van der Waals surface area (Å²) < 4.78 is 0. The van der Waals surface area contributed by atoms with Gasteiger partial charge in [-0.05, 0) is 30.4 Å². The molecule has 0 radical (unpaired) electrons. The Morgan fingerprint density at radius 3 is 2.72 bits per heavy atom. The second kappa shape index (κ2) is 5.75. The minimum Gasteiger partial charge on any atom is -0.349 e. The van der Waals surface area contributed by atoms with Crippen LogP contribution in [0.5, 0.6) is 0 Å². The lowest BCUT2D eigenvalue weighted by Gasteiger charge is -2.34. The van der Waals surface area contributed by atoms with E-state index in [2.05, 4.69) is 19.2 Å². The van der Waals surface area contributed by atoms with Crippen LogP contribution in [-0.2, 0) is 0 Å². The number of benzene rings is 1. The molecule has 1 aromatic rings. The van der Waals surface area contributed by atoms with Gasteiger partial charge in [-0.1, -0.05) is 50.4 Å². The molecule has 2 rings (SSSR count). The van der Waals surface area contributed by atoms with Crippen LogP contribution in [0.4, 0.5) is 0 Å². The summed E-state index contributed by atoms with van der Waals surface area (Å²) in [5, 5.41) is 3.65. The van der Waals surface area contributed by atoms with Crippen molar-refractivity contribution in [2.75, 3.05) is 0 Å². The second-order valence-electron chi connectivity index (χ2n) is 5.33. The van der Waals surface area contributed by atoms with Crippen LogP contribution in [0.25, 0.3) is 0 Å². The topological polar surface area (TPSA) is 29.1 Å². The Balaban J connectivity index is 2.05. The van der Waals surface area contributed by atoms with Gasteiger partial charge in [0.2, 0.25) is 0 Å². The molecular weight excluding hydrogens is 246 g/mol. The molecule has 3 unspecified atom stereocenters. The van der Waals surface area contributed by atoms with Crippen molar-refractivity contribution in [3.8, 4) is 0 Å². The lowest BCUT2D eigenvalue weighted by Crippen LogP contribution is -2.43. The van der Waals surface area contributed by atoms with E-state index in [0.29, 0.717) is 22.4 Å². The Kier molecular flexibility index (Phi) is 4.28. The second-order valence-corrected chi connectivity index (χ2v) is 5.73. The van der Waals surface area contributed by atoms with Gasteiger partial charge in [0.05, 0.1) is 10.6 Å². The van der Waals surface area contributed by atoms with Gasteiger partial charge in [0.1, 0.15) is 0 Å². The maximum absolute atomic E-state index is 12.2. The Hall–Kier alpha value is -1.02. The first-order valence-electron chi connectivity index (χ1n) is 6.65. The molecule has 1 saturated carbocycles. The average molecular weight is 266 g/mol. The van der Waals surface area contributed by atoms with Crippen molar-refractivity contribution in [1.29, 1.82) is 0 Å². The van der Waals surface area contributed by atoms with Crippen LogP contribution in [0.3, 0.4) is 0 Å². The van der Waals surface area contributed by atoms with Crippen molar-refractivity contribution in [1.82, 2.24) is 5.32 Å². The highest BCUT2D eigenvalue weighted by Gasteiger charge is 2.28. The number of carbonyl (C=O) groups is 1. The summed E-state index contributed by atoms with van der Waals surface area (Å²) in [5.74, 6) is 1.16. The molecule has 1 amide bonds. The number of amides is 1. The molecule has 1 aliphatic rings. The van der Waals surface area contributed by atoms with Crippen molar-refractivity contribution < 1.29 is 4.79 Å². The molecular formula is C15H20ClNO. The van der Waals surface area contributed by atoms with E-state index in [4.69, 9.17) is 11.6 Å². The summed E-state index contributed by atoms with van der Waals surface area (Å²) in [5.41, 5.74) is 0.574. The van der Waals surface area contributed by atoms with Gasteiger partial charge in [0.15, 0.2) is 0 Å². The lowest BCUT2D eigenvalue weighted by atomic mass is 9.78. The van der Waals surface area contributed by atoms with Crippen LogP contribution in [-0.4, -0.2) is 11.9 Å². The molecule has 1 aromatic carbocycles. The third-order valence-corrected chi connectivity index (χ3v) is 4.47. The molecule has 1 aliphatic carbocycles. The van der Waals surface area contributed by atoms with E-state index in [1.165, 1.54) is 12.8 Å². The number of rotatable bonds is 2. The Labute approximate surface area is 114 Å². The van der Waals surface area contributed by atoms with Gasteiger partial charge in [0, 0.05) is 6.04 Å².